The molecule has 0 saturated heterocycles. The van der Waals surface area contributed by atoms with Gasteiger partial charge in [-0.3, -0.25) is 4.79 Å². The first-order valence-electron chi connectivity index (χ1n) is 2.49. The lowest BCUT2D eigenvalue weighted by atomic mass is 10.3. The minimum absolute atomic E-state index is 0. The van der Waals surface area contributed by atoms with Crippen LogP contribution in [-0.2, 0) is 4.79 Å². The molecule has 0 aliphatic rings. The molecule has 0 rings (SSSR count). The highest BCUT2D eigenvalue weighted by atomic mass is 127. The number of rotatable bonds is 3. The van der Waals surface area contributed by atoms with E-state index in [9.17, 15) is 4.79 Å². The van der Waals surface area contributed by atoms with Crippen LogP contribution < -0.4 is 6.15 Å². The largest absolute Gasteiger partial charge is 0.481 e. The molecule has 0 aromatic heterocycles. The van der Waals surface area contributed by atoms with Gasteiger partial charge in [0.1, 0.15) is 0 Å². The average Bonchev–Trinajstić information content (AvgIpc) is 1.61. The van der Waals surface area contributed by atoms with E-state index in [-0.39, 0.29) is 30.1 Å². The van der Waals surface area contributed by atoms with Gasteiger partial charge in [-0.25, -0.2) is 0 Å². The lowest BCUT2D eigenvalue weighted by molar-refractivity contribution is -0.137. The zero-order valence-corrected chi connectivity index (χ0v) is 7.92. The summed E-state index contributed by atoms with van der Waals surface area (Å²) in [6, 6.07) is 0. The Morgan fingerprint density at radius 1 is 1.56 bits per heavy atom. The molecule has 0 aromatic carbocycles. The fraction of sp³-hybridized carbons (Fsp3) is 0.800. The van der Waals surface area contributed by atoms with Crippen LogP contribution in [0.3, 0.4) is 0 Å². The zero-order chi connectivity index (χ0) is 5.70. The van der Waals surface area contributed by atoms with Gasteiger partial charge in [0.2, 0.25) is 0 Å². The number of hydrogen-bond acceptors (Lipinski definition) is 2. The van der Waals surface area contributed by atoms with Crippen molar-refractivity contribution in [3.05, 3.63) is 0 Å². The molecule has 4 N–H and O–H groups in total. The third-order valence-corrected chi connectivity index (χ3v) is 0.744. The van der Waals surface area contributed by atoms with Crippen molar-refractivity contribution in [3.63, 3.8) is 0 Å². The maximum Gasteiger partial charge on any atom is 0.303 e. The number of hydrogen-bond donors (Lipinski definition) is 2. The summed E-state index contributed by atoms with van der Waals surface area (Å²) >= 11 is 0. The normalized spacial score (nSPS) is 6.78. The molecular formula is C5H14INO2. The van der Waals surface area contributed by atoms with Gasteiger partial charge in [-0.1, -0.05) is 13.3 Å². The Bertz CT molecular complexity index is 68.0. The summed E-state index contributed by atoms with van der Waals surface area (Å²) in [6.45, 7) is 1.98. The minimum atomic E-state index is -0.693. The monoisotopic (exact) mass is 247 g/mol. The van der Waals surface area contributed by atoms with E-state index in [0.29, 0.717) is 6.42 Å². The third kappa shape index (κ3) is 17.9. The molecule has 0 fully saturated rings. The maximum atomic E-state index is 9.76. The van der Waals surface area contributed by atoms with Crippen molar-refractivity contribution < 1.29 is 9.90 Å². The lowest BCUT2D eigenvalue weighted by Gasteiger charge is -1.85. The van der Waals surface area contributed by atoms with Crippen LogP contribution >= 0.6 is 24.0 Å². The van der Waals surface area contributed by atoms with Crippen LogP contribution in [0.1, 0.15) is 26.2 Å². The first-order valence-corrected chi connectivity index (χ1v) is 2.49. The average molecular weight is 247 g/mol. The smallest absolute Gasteiger partial charge is 0.303 e. The van der Waals surface area contributed by atoms with Crippen LogP contribution in [0.4, 0.5) is 0 Å². The molecule has 0 radical (unpaired) electrons. The molecule has 0 spiro atoms. The van der Waals surface area contributed by atoms with Gasteiger partial charge in [0.05, 0.1) is 0 Å². The highest BCUT2D eigenvalue weighted by Crippen LogP contribution is 1.91. The molecule has 0 saturated carbocycles. The second kappa shape index (κ2) is 11.0. The van der Waals surface area contributed by atoms with Crippen molar-refractivity contribution in [1.82, 2.24) is 6.15 Å². The van der Waals surface area contributed by atoms with Gasteiger partial charge >= 0.3 is 5.97 Å². The van der Waals surface area contributed by atoms with Crippen molar-refractivity contribution in [2.75, 3.05) is 0 Å². The van der Waals surface area contributed by atoms with Crippen LogP contribution in [0.25, 0.3) is 0 Å². The van der Waals surface area contributed by atoms with Crippen molar-refractivity contribution in [2.24, 2.45) is 0 Å². The van der Waals surface area contributed by atoms with Crippen LogP contribution in [0, 0.1) is 0 Å². The number of aliphatic carboxylic acids is 1. The number of carbonyl (C=O) groups is 1. The van der Waals surface area contributed by atoms with Gasteiger partial charge in [0.25, 0.3) is 0 Å². The Kier molecular flexibility index (Phi) is 19.7. The zero-order valence-electron chi connectivity index (χ0n) is 5.59. The summed E-state index contributed by atoms with van der Waals surface area (Å²) in [4.78, 5) is 9.76. The molecule has 0 atom stereocenters. The van der Waals surface area contributed by atoms with E-state index in [2.05, 4.69) is 0 Å². The predicted molar refractivity (Wildman–Crippen MR) is 47.6 cm³/mol. The molecule has 0 aliphatic heterocycles. The Morgan fingerprint density at radius 2 is 2.00 bits per heavy atom. The van der Waals surface area contributed by atoms with Crippen molar-refractivity contribution in [3.8, 4) is 0 Å². The first kappa shape index (κ1) is 16.1. The summed E-state index contributed by atoms with van der Waals surface area (Å²) in [5.41, 5.74) is 0. The number of halogens is 1. The highest BCUT2D eigenvalue weighted by Gasteiger charge is 1.90. The lowest BCUT2D eigenvalue weighted by Crippen LogP contribution is -1.91. The molecule has 0 bridgehead atoms. The number of carboxylic acids is 1. The molecule has 3 nitrogen and oxygen atoms in total. The second-order valence-electron chi connectivity index (χ2n) is 1.50. The maximum absolute atomic E-state index is 9.76. The number of carboxylic acid groups (broad SMARTS) is 1. The Balaban J connectivity index is -0.000000180. The van der Waals surface area contributed by atoms with E-state index in [1.165, 1.54) is 0 Å². The second-order valence-corrected chi connectivity index (χ2v) is 1.50. The summed E-state index contributed by atoms with van der Waals surface area (Å²) in [7, 11) is 0. The Hall–Kier alpha value is 0.160. The minimum Gasteiger partial charge on any atom is -0.481 e. The van der Waals surface area contributed by atoms with Gasteiger partial charge in [-0.15, -0.1) is 24.0 Å². The Morgan fingerprint density at radius 3 is 2.11 bits per heavy atom. The van der Waals surface area contributed by atoms with Crippen LogP contribution in [0.15, 0.2) is 0 Å². The first-order chi connectivity index (χ1) is 3.27. The van der Waals surface area contributed by atoms with Gasteiger partial charge in [-0.05, 0) is 6.42 Å². The Labute approximate surface area is 72.4 Å². The van der Waals surface area contributed by atoms with E-state index in [1.807, 2.05) is 6.92 Å². The summed E-state index contributed by atoms with van der Waals surface area (Å²) < 4.78 is 0. The summed E-state index contributed by atoms with van der Waals surface area (Å²) in [6.07, 6.45) is 2.08. The van der Waals surface area contributed by atoms with E-state index in [4.69, 9.17) is 5.11 Å². The molecule has 0 aromatic rings. The van der Waals surface area contributed by atoms with Crippen molar-refractivity contribution in [1.29, 1.82) is 0 Å². The fourth-order valence-corrected chi connectivity index (χ4v) is 0.328. The molecular weight excluding hydrogens is 233 g/mol. The SMILES string of the molecule is CCCCC(=O)O.I.N. The molecule has 0 amide bonds. The van der Waals surface area contributed by atoms with Crippen molar-refractivity contribution in [2.45, 2.75) is 26.2 Å². The van der Waals surface area contributed by atoms with Crippen molar-refractivity contribution >= 4 is 29.9 Å². The van der Waals surface area contributed by atoms with Gasteiger partial charge < -0.3 is 11.3 Å². The van der Waals surface area contributed by atoms with E-state index in [1.54, 1.807) is 0 Å². The van der Waals surface area contributed by atoms with E-state index >= 15 is 0 Å². The standard InChI is InChI=1S/C5H10O2.HI.H3N/c1-2-3-4-5(6)7;;/h2-4H2,1H3,(H,6,7);1H;1H3. The molecule has 4 heteroatoms. The molecule has 9 heavy (non-hydrogen) atoms. The van der Waals surface area contributed by atoms with Crippen LogP contribution in [0.2, 0.25) is 0 Å². The molecule has 0 heterocycles. The van der Waals surface area contributed by atoms with Gasteiger partial charge in [-0.2, -0.15) is 0 Å². The van der Waals surface area contributed by atoms with E-state index in [0.717, 1.165) is 12.8 Å². The molecule has 0 aliphatic carbocycles. The van der Waals surface area contributed by atoms with Gasteiger partial charge in [0.15, 0.2) is 0 Å². The topological polar surface area (TPSA) is 72.3 Å². The fourth-order valence-electron chi connectivity index (χ4n) is 0.328. The van der Waals surface area contributed by atoms with Crippen LogP contribution in [0.5, 0.6) is 0 Å². The summed E-state index contributed by atoms with van der Waals surface area (Å²) in [5.74, 6) is -0.693. The van der Waals surface area contributed by atoms with Gasteiger partial charge in [0, 0.05) is 6.42 Å². The molecule has 0 unspecified atom stereocenters. The third-order valence-electron chi connectivity index (χ3n) is 0.744. The molecule has 58 valence electrons. The van der Waals surface area contributed by atoms with Crippen LogP contribution in [-0.4, -0.2) is 11.1 Å². The summed E-state index contributed by atoms with van der Waals surface area (Å²) in [5, 5.41) is 8.04. The predicted octanol–water partition coefficient (Wildman–Crippen LogP) is 2.04. The number of unbranched alkanes of at least 4 members (excludes halogenated alkanes) is 1. The van der Waals surface area contributed by atoms with E-state index < -0.39 is 5.97 Å². The quantitative estimate of drug-likeness (QED) is 0.749. The highest BCUT2D eigenvalue weighted by molar-refractivity contribution is 14.0.